The van der Waals surface area contributed by atoms with Crippen LogP contribution in [0.4, 0.5) is 0 Å². The molecule has 0 aromatic carbocycles. The van der Waals surface area contributed by atoms with Gasteiger partial charge in [0.2, 0.25) is 5.91 Å². The van der Waals surface area contributed by atoms with E-state index in [0.29, 0.717) is 62.9 Å². The van der Waals surface area contributed by atoms with E-state index in [1.165, 1.54) is 0 Å². The van der Waals surface area contributed by atoms with Crippen molar-refractivity contribution in [1.29, 1.82) is 0 Å². The molecule has 2 aliphatic heterocycles. The average molecular weight is 364 g/mol. The molecular formula is C19H28N2O5. The quantitative estimate of drug-likeness (QED) is 0.769. The summed E-state index contributed by atoms with van der Waals surface area (Å²) in [4.78, 5) is 29.0. The van der Waals surface area contributed by atoms with Crippen molar-refractivity contribution >= 4 is 11.8 Å². The molecule has 2 fully saturated rings. The van der Waals surface area contributed by atoms with E-state index in [9.17, 15) is 9.59 Å². The first-order valence-corrected chi connectivity index (χ1v) is 9.38. The number of morpholine rings is 1. The van der Waals surface area contributed by atoms with E-state index in [-0.39, 0.29) is 17.9 Å². The van der Waals surface area contributed by atoms with Crippen molar-refractivity contribution in [2.75, 3.05) is 46.0 Å². The lowest BCUT2D eigenvalue weighted by Crippen LogP contribution is -2.44. The normalized spacial score (nSPS) is 20.4. The molecule has 1 atom stereocenters. The fourth-order valence-electron chi connectivity index (χ4n) is 3.52. The van der Waals surface area contributed by atoms with Gasteiger partial charge in [-0.15, -0.1) is 0 Å². The van der Waals surface area contributed by atoms with Crippen molar-refractivity contribution in [1.82, 2.24) is 9.80 Å². The highest BCUT2D eigenvalue weighted by Crippen LogP contribution is 2.19. The monoisotopic (exact) mass is 364 g/mol. The molecule has 0 saturated carbocycles. The Balaban J connectivity index is 1.65. The van der Waals surface area contributed by atoms with Gasteiger partial charge in [0.15, 0.2) is 0 Å². The number of hydrogen-bond acceptors (Lipinski definition) is 5. The molecule has 3 rings (SSSR count). The Bertz CT molecular complexity index is 630. The highest BCUT2D eigenvalue weighted by molar-refractivity contribution is 5.95. The molecule has 2 aliphatic rings. The van der Waals surface area contributed by atoms with E-state index in [0.717, 1.165) is 19.4 Å². The van der Waals surface area contributed by atoms with Crippen molar-refractivity contribution in [2.45, 2.75) is 39.2 Å². The SMILES string of the molecule is Cc1cc(C(=O)N(CCC(=O)N2CCOCC2)C[C@H]2CCCO2)c(C)o1. The predicted octanol–water partition coefficient (Wildman–Crippen LogP) is 1.77. The Morgan fingerprint density at radius 1 is 1.23 bits per heavy atom. The zero-order chi connectivity index (χ0) is 18.5. The van der Waals surface area contributed by atoms with Gasteiger partial charge in [0.05, 0.1) is 24.9 Å². The predicted molar refractivity (Wildman–Crippen MR) is 95.1 cm³/mol. The number of amides is 2. The summed E-state index contributed by atoms with van der Waals surface area (Å²) < 4.78 is 16.5. The lowest BCUT2D eigenvalue weighted by atomic mass is 10.1. The first-order chi connectivity index (χ1) is 12.5. The van der Waals surface area contributed by atoms with Crippen LogP contribution in [0, 0.1) is 13.8 Å². The molecule has 0 unspecified atom stereocenters. The lowest BCUT2D eigenvalue weighted by Gasteiger charge is -2.29. The van der Waals surface area contributed by atoms with Crippen LogP contribution in [-0.4, -0.2) is 73.7 Å². The minimum absolute atomic E-state index is 0.0470. The molecule has 0 bridgehead atoms. The summed E-state index contributed by atoms with van der Waals surface area (Å²) >= 11 is 0. The van der Waals surface area contributed by atoms with E-state index in [1.54, 1.807) is 17.9 Å². The molecule has 0 aliphatic carbocycles. The molecule has 1 aromatic rings. The number of carbonyl (C=O) groups excluding carboxylic acids is 2. The van der Waals surface area contributed by atoms with Crippen LogP contribution in [0.5, 0.6) is 0 Å². The number of ether oxygens (including phenoxy) is 2. The van der Waals surface area contributed by atoms with Crippen LogP contribution >= 0.6 is 0 Å². The summed E-state index contributed by atoms with van der Waals surface area (Å²) in [6, 6.07) is 1.77. The minimum atomic E-state index is -0.0929. The fourth-order valence-corrected chi connectivity index (χ4v) is 3.52. The third kappa shape index (κ3) is 4.65. The summed E-state index contributed by atoms with van der Waals surface area (Å²) in [5.74, 6) is 1.31. The molecule has 2 amide bonds. The van der Waals surface area contributed by atoms with Gasteiger partial charge < -0.3 is 23.7 Å². The Kier molecular flexibility index (Phi) is 6.32. The lowest BCUT2D eigenvalue weighted by molar-refractivity contribution is -0.135. The van der Waals surface area contributed by atoms with E-state index in [4.69, 9.17) is 13.9 Å². The maximum atomic E-state index is 13.0. The highest BCUT2D eigenvalue weighted by atomic mass is 16.5. The van der Waals surface area contributed by atoms with E-state index >= 15 is 0 Å². The first kappa shape index (κ1) is 18.9. The van der Waals surface area contributed by atoms with Crippen LogP contribution in [0.1, 0.15) is 41.1 Å². The van der Waals surface area contributed by atoms with Crippen LogP contribution in [0.3, 0.4) is 0 Å². The average Bonchev–Trinajstić information content (AvgIpc) is 3.27. The number of aryl methyl sites for hydroxylation is 2. The standard InChI is InChI=1S/C19H28N2O5/c1-14-12-17(15(2)26-14)19(23)21(13-16-4-3-9-25-16)6-5-18(22)20-7-10-24-11-8-20/h12,16H,3-11,13H2,1-2H3/t16-/m1/s1. The van der Waals surface area contributed by atoms with Crippen LogP contribution in [0.25, 0.3) is 0 Å². The molecule has 2 saturated heterocycles. The largest absolute Gasteiger partial charge is 0.466 e. The number of rotatable bonds is 6. The Labute approximate surface area is 154 Å². The molecule has 7 nitrogen and oxygen atoms in total. The van der Waals surface area contributed by atoms with Gasteiger partial charge in [0.1, 0.15) is 11.5 Å². The van der Waals surface area contributed by atoms with E-state index < -0.39 is 0 Å². The van der Waals surface area contributed by atoms with Crippen molar-refractivity contribution in [3.63, 3.8) is 0 Å². The Hall–Kier alpha value is -1.86. The van der Waals surface area contributed by atoms with E-state index in [1.807, 2.05) is 11.8 Å². The zero-order valence-electron chi connectivity index (χ0n) is 15.7. The van der Waals surface area contributed by atoms with Gasteiger partial charge in [0.25, 0.3) is 5.91 Å². The van der Waals surface area contributed by atoms with Crippen LogP contribution in [0.2, 0.25) is 0 Å². The van der Waals surface area contributed by atoms with Crippen LogP contribution in [-0.2, 0) is 14.3 Å². The molecule has 0 spiro atoms. The highest BCUT2D eigenvalue weighted by Gasteiger charge is 2.27. The second-order valence-electron chi connectivity index (χ2n) is 6.96. The van der Waals surface area contributed by atoms with Crippen LogP contribution < -0.4 is 0 Å². The molecule has 26 heavy (non-hydrogen) atoms. The second-order valence-corrected chi connectivity index (χ2v) is 6.96. The summed E-state index contributed by atoms with van der Waals surface area (Å²) in [5, 5.41) is 0. The van der Waals surface area contributed by atoms with Gasteiger partial charge in [0, 0.05) is 39.2 Å². The van der Waals surface area contributed by atoms with Gasteiger partial charge in [-0.05, 0) is 32.8 Å². The summed E-state index contributed by atoms with van der Waals surface area (Å²) in [6.07, 6.45) is 2.33. The smallest absolute Gasteiger partial charge is 0.257 e. The Morgan fingerprint density at radius 2 is 2.00 bits per heavy atom. The number of nitrogens with zero attached hydrogens (tertiary/aromatic N) is 2. The molecule has 0 N–H and O–H groups in total. The van der Waals surface area contributed by atoms with Gasteiger partial charge >= 0.3 is 0 Å². The molecule has 0 radical (unpaired) electrons. The maximum absolute atomic E-state index is 13.0. The molecule has 144 valence electrons. The third-order valence-corrected chi connectivity index (χ3v) is 4.97. The topological polar surface area (TPSA) is 72.2 Å². The molecule has 3 heterocycles. The first-order valence-electron chi connectivity index (χ1n) is 9.38. The van der Waals surface area contributed by atoms with Crippen molar-refractivity contribution < 1.29 is 23.5 Å². The fraction of sp³-hybridized carbons (Fsp3) is 0.684. The van der Waals surface area contributed by atoms with Gasteiger partial charge in [-0.1, -0.05) is 0 Å². The van der Waals surface area contributed by atoms with E-state index in [2.05, 4.69) is 0 Å². The summed E-state index contributed by atoms with van der Waals surface area (Å²) in [6.45, 7) is 7.67. The van der Waals surface area contributed by atoms with Gasteiger partial charge in [-0.25, -0.2) is 0 Å². The molecule has 1 aromatic heterocycles. The number of hydrogen-bond donors (Lipinski definition) is 0. The maximum Gasteiger partial charge on any atom is 0.257 e. The molecular weight excluding hydrogens is 336 g/mol. The Morgan fingerprint density at radius 3 is 2.62 bits per heavy atom. The summed E-state index contributed by atoms with van der Waals surface area (Å²) in [7, 11) is 0. The van der Waals surface area contributed by atoms with Crippen LogP contribution in [0.15, 0.2) is 10.5 Å². The zero-order valence-corrected chi connectivity index (χ0v) is 15.7. The third-order valence-electron chi connectivity index (χ3n) is 4.97. The van der Waals surface area contributed by atoms with Crippen molar-refractivity contribution in [3.05, 3.63) is 23.2 Å². The number of furan rings is 1. The van der Waals surface area contributed by atoms with Crippen molar-refractivity contribution in [2.24, 2.45) is 0 Å². The van der Waals surface area contributed by atoms with Gasteiger partial charge in [-0.3, -0.25) is 9.59 Å². The second kappa shape index (κ2) is 8.68. The summed E-state index contributed by atoms with van der Waals surface area (Å²) in [5.41, 5.74) is 0.569. The van der Waals surface area contributed by atoms with Crippen molar-refractivity contribution in [3.8, 4) is 0 Å². The minimum Gasteiger partial charge on any atom is -0.466 e. The molecule has 7 heteroatoms. The number of carbonyl (C=O) groups is 2. The van der Waals surface area contributed by atoms with Gasteiger partial charge in [-0.2, -0.15) is 0 Å².